The molecule has 138 valence electrons. The van der Waals surface area contributed by atoms with E-state index in [4.69, 9.17) is 15.2 Å². The molecule has 0 aliphatic rings. The average molecular weight is 357 g/mol. The number of rotatable bonds is 8. The highest BCUT2D eigenvalue weighted by atomic mass is 16.5. The van der Waals surface area contributed by atoms with Gasteiger partial charge in [0.15, 0.2) is 11.5 Å². The first-order valence-corrected chi connectivity index (χ1v) is 8.36. The summed E-state index contributed by atoms with van der Waals surface area (Å²) in [6, 6.07) is 12.6. The van der Waals surface area contributed by atoms with Gasteiger partial charge in [-0.3, -0.25) is 10.1 Å². The minimum absolute atomic E-state index is 0.480. The Kier molecular flexibility index (Phi) is 6.84. The minimum atomic E-state index is -0.903. The van der Waals surface area contributed by atoms with Gasteiger partial charge in [-0.1, -0.05) is 30.3 Å². The molecule has 0 aliphatic heterocycles. The fraction of sp³-hybridized carbons (Fsp3) is 0.263. The predicted octanol–water partition coefficient (Wildman–Crippen LogP) is 2.83. The summed E-state index contributed by atoms with van der Waals surface area (Å²) in [5, 5.41) is 5.23. The van der Waals surface area contributed by atoms with Crippen molar-refractivity contribution in [1.29, 1.82) is 0 Å². The van der Waals surface area contributed by atoms with Crippen LogP contribution in [0.4, 0.5) is 10.5 Å². The molecule has 1 atom stereocenters. The van der Waals surface area contributed by atoms with Crippen molar-refractivity contribution in [3.8, 4) is 11.5 Å². The second-order valence-corrected chi connectivity index (χ2v) is 5.37. The number of hydrogen-bond acceptors (Lipinski definition) is 5. The second-order valence-electron chi connectivity index (χ2n) is 5.37. The molecule has 7 nitrogen and oxygen atoms in total. The lowest BCUT2D eigenvalue weighted by atomic mass is 10.1. The van der Waals surface area contributed by atoms with E-state index in [0.29, 0.717) is 36.0 Å². The van der Waals surface area contributed by atoms with Crippen LogP contribution in [0.2, 0.25) is 0 Å². The van der Waals surface area contributed by atoms with Gasteiger partial charge in [0, 0.05) is 11.8 Å². The number of primary amides is 1. The van der Waals surface area contributed by atoms with Crippen molar-refractivity contribution >= 4 is 17.6 Å². The fourth-order valence-corrected chi connectivity index (χ4v) is 2.45. The minimum Gasteiger partial charge on any atom is -0.490 e. The van der Waals surface area contributed by atoms with Crippen molar-refractivity contribution in [2.45, 2.75) is 19.9 Å². The van der Waals surface area contributed by atoms with E-state index < -0.39 is 18.0 Å². The number of carbonyl (C=O) groups excluding carboxylic acids is 2. The average Bonchev–Trinajstić information content (AvgIpc) is 2.62. The predicted molar refractivity (Wildman–Crippen MR) is 99.3 cm³/mol. The van der Waals surface area contributed by atoms with Gasteiger partial charge in [-0.25, -0.2) is 4.79 Å². The summed E-state index contributed by atoms with van der Waals surface area (Å²) in [7, 11) is 0. The molecule has 2 rings (SSSR count). The molecule has 0 aliphatic carbocycles. The summed E-state index contributed by atoms with van der Waals surface area (Å²) in [5.41, 5.74) is 6.42. The zero-order valence-corrected chi connectivity index (χ0v) is 14.8. The van der Waals surface area contributed by atoms with Crippen LogP contribution in [-0.2, 0) is 4.79 Å². The third kappa shape index (κ3) is 5.14. The smallest absolute Gasteiger partial charge is 0.318 e. The molecule has 0 spiro atoms. The van der Waals surface area contributed by atoms with E-state index >= 15 is 0 Å². The molecule has 26 heavy (non-hydrogen) atoms. The zero-order chi connectivity index (χ0) is 18.9. The highest BCUT2D eigenvalue weighted by Gasteiger charge is 2.22. The molecule has 0 saturated heterocycles. The number of amides is 3. The molecular weight excluding hydrogens is 334 g/mol. The van der Waals surface area contributed by atoms with E-state index in [1.807, 2.05) is 32.0 Å². The van der Waals surface area contributed by atoms with E-state index in [1.165, 1.54) is 0 Å². The molecular formula is C19H23N3O4. The lowest BCUT2D eigenvalue weighted by Crippen LogP contribution is -2.40. The molecule has 3 amide bonds. The monoisotopic (exact) mass is 357 g/mol. The molecule has 0 heterocycles. The van der Waals surface area contributed by atoms with Crippen molar-refractivity contribution in [2.75, 3.05) is 18.5 Å². The standard InChI is InChI=1S/C19H23N3O4/c1-3-25-15-11-10-14(12-16(15)26-4-2)21-17(18(23)22-19(20)24)13-8-6-5-7-9-13/h5-12,17,21H,3-4H2,1-2H3,(H3,20,22,23,24)/t17-/m1/s1. The van der Waals surface area contributed by atoms with Gasteiger partial charge in [-0.15, -0.1) is 0 Å². The maximum Gasteiger partial charge on any atom is 0.318 e. The third-order valence-electron chi connectivity index (χ3n) is 3.50. The molecule has 0 fully saturated rings. The summed E-state index contributed by atoms with van der Waals surface area (Å²) in [6.07, 6.45) is 0. The molecule has 0 radical (unpaired) electrons. The number of nitrogens with one attached hydrogen (secondary N) is 2. The zero-order valence-electron chi connectivity index (χ0n) is 14.8. The van der Waals surface area contributed by atoms with E-state index in [-0.39, 0.29) is 0 Å². The molecule has 2 aromatic carbocycles. The van der Waals surface area contributed by atoms with Gasteiger partial charge in [0.05, 0.1) is 13.2 Å². The van der Waals surface area contributed by atoms with E-state index in [1.54, 1.807) is 30.3 Å². The van der Waals surface area contributed by atoms with E-state index in [2.05, 4.69) is 10.6 Å². The Morgan fingerprint density at radius 3 is 2.27 bits per heavy atom. The van der Waals surface area contributed by atoms with Gasteiger partial charge in [0.1, 0.15) is 6.04 Å². The van der Waals surface area contributed by atoms with Crippen LogP contribution in [-0.4, -0.2) is 25.2 Å². The van der Waals surface area contributed by atoms with Crippen molar-refractivity contribution in [1.82, 2.24) is 5.32 Å². The first kappa shape index (κ1) is 19.1. The van der Waals surface area contributed by atoms with Crippen LogP contribution in [0.15, 0.2) is 48.5 Å². The lowest BCUT2D eigenvalue weighted by molar-refractivity contribution is -0.120. The largest absolute Gasteiger partial charge is 0.490 e. The van der Waals surface area contributed by atoms with Gasteiger partial charge >= 0.3 is 6.03 Å². The third-order valence-corrected chi connectivity index (χ3v) is 3.50. The van der Waals surface area contributed by atoms with Gasteiger partial charge < -0.3 is 20.5 Å². The normalized spacial score (nSPS) is 11.3. The van der Waals surface area contributed by atoms with Crippen LogP contribution < -0.4 is 25.8 Å². The quantitative estimate of drug-likeness (QED) is 0.674. The molecule has 0 saturated carbocycles. The lowest BCUT2D eigenvalue weighted by Gasteiger charge is -2.20. The highest BCUT2D eigenvalue weighted by Crippen LogP contribution is 2.32. The summed E-state index contributed by atoms with van der Waals surface area (Å²) < 4.78 is 11.1. The SMILES string of the molecule is CCOc1ccc(N[C@@H](C(=O)NC(N)=O)c2ccccc2)cc1OCC. The number of urea groups is 1. The topological polar surface area (TPSA) is 103 Å². The fourth-order valence-electron chi connectivity index (χ4n) is 2.45. The highest BCUT2D eigenvalue weighted by molar-refractivity contribution is 5.98. The Morgan fingerprint density at radius 2 is 1.65 bits per heavy atom. The summed E-state index contributed by atoms with van der Waals surface area (Å²) >= 11 is 0. The second kappa shape index (κ2) is 9.31. The maximum absolute atomic E-state index is 12.4. The first-order valence-electron chi connectivity index (χ1n) is 8.36. The Hall–Kier alpha value is -3.22. The van der Waals surface area contributed by atoms with Gasteiger partial charge in [0.2, 0.25) is 0 Å². The molecule has 4 N–H and O–H groups in total. The van der Waals surface area contributed by atoms with Gasteiger partial charge in [-0.2, -0.15) is 0 Å². The molecule has 2 aromatic rings. The van der Waals surface area contributed by atoms with Crippen LogP contribution in [0.5, 0.6) is 11.5 Å². The van der Waals surface area contributed by atoms with Crippen LogP contribution in [0, 0.1) is 0 Å². The van der Waals surface area contributed by atoms with Crippen LogP contribution in [0.1, 0.15) is 25.5 Å². The molecule has 0 aromatic heterocycles. The number of nitrogens with two attached hydrogens (primary N) is 1. The van der Waals surface area contributed by atoms with Crippen LogP contribution in [0.3, 0.4) is 0 Å². The summed E-state index contributed by atoms with van der Waals surface area (Å²) in [6.45, 7) is 4.76. The van der Waals surface area contributed by atoms with Gasteiger partial charge in [-0.05, 0) is 31.5 Å². The number of hydrogen-bond donors (Lipinski definition) is 3. The van der Waals surface area contributed by atoms with Crippen molar-refractivity contribution < 1.29 is 19.1 Å². The molecule has 0 unspecified atom stereocenters. The number of carbonyl (C=O) groups is 2. The molecule has 0 bridgehead atoms. The van der Waals surface area contributed by atoms with Crippen LogP contribution >= 0.6 is 0 Å². The van der Waals surface area contributed by atoms with Gasteiger partial charge in [0.25, 0.3) is 5.91 Å². The number of anilines is 1. The summed E-state index contributed by atoms with van der Waals surface area (Å²) in [4.78, 5) is 23.5. The van der Waals surface area contributed by atoms with Crippen molar-refractivity contribution in [3.63, 3.8) is 0 Å². The number of ether oxygens (including phenoxy) is 2. The maximum atomic E-state index is 12.4. The number of imide groups is 1. The summed E-state index contributed by atoms with van der Waals surface area (Å²) in [5.74, 6) is 0.648. The number of benzene rings is 2. The Morgan fingerprint density at radius 1 is 1.00 bits per heavy atom. The van der Waals surface area contributed by atoms with Crippen molar-refractivity contribution in [2.24, 2.45) is 5.73 Å². The Bertz CT molecular complexity index is 750. The Labute approximate surface area is 152 Å². The van der Waals surface area contributed by atoms with E-state index in [9.17, 15) is 9.59 Å². The van der Waals surface area contributed by atoms with Crippen LogP contribution in [0.25, 0.3) is 0 Å². The Balaban J connectivity index is 2.31. The van der Waals surface area contributed by atoms with Crippen molar-refractivity contribution in [3.05, 3.63) is 54.1 Å². The first-order chi connectivity index (χ1) is 12.5. The van der Waals surface area contributed by atoms with E-state index in [0.717, 1.165) is 0 Å². The molecule has 7 heteroatoms.